The number of carbonyl (C=O) groups is 1. The van der Waals surface area contributed by atoms with Crippen molar-refractivity contribution in [3.63, 3.8) is 0 Å². The number of halogens is 1. The van der Waals surface area contributed by atoms with E-state index in [9.17, 15) is 9.59 Å². The van der Waals surface area contributed by atoms with Gasteiger partial charge in [0.25, 0.3) is 11.5 Å². The van der Waals surface area contributed by atoms with Crippen molar-refractivity contribution < 1.29 is 9.53 Å². The maximum absolute atomic E-state index is 13.5. The molecule has 1 saturated carbocycles. The molecule has 0 saturated heterocycles. The Hall–Kier alpha value is -3.78. The molecule has 1 heterocycles. The second-order valence-corrected chi connectivity index (χ2v) is 10.5. The molecule has 0 bridgehead atoms. The van der Waals surface area contributed by atoms with Gasteiger partial charge in [-0.1, -0.05) is 53.4 Å². The van der Waals surface area contributed by atoms with E-state index >= 15 is 0 Å². The van der Waals surface area contributed by atoms with Gasteiger partial charge in [-0.2, -0.15) is 9.78 Å². The number of hydrogen-bond acceptors (Lipinski definition) is 5. The van der Waals surface area contributed by atoms with Gasteiger partial charge in [-0.15, -0.1) is 0 Å². The summed E-state index contributed by atoms with van der Waals surface area (Å²) in [5.41, 5.74) is 3.08. The minimum atomic E-state index is -0.227. The van der Waals surface area contributed by atoms with Crippen molar-refractivity contribution in [3.8, 4) is 5.75 Å². The molecule has 38 heavy (non-hydrogen) atoms. The van der Waals surface area contributed by atoms with Gasteiger partial charge >= 0.3 is 0 Å². The lowest BCUT2D eigenvalue weighted by atomic mass is 9.88. The second kappa shape index (κ2) is 11.7. The Kier molecular flexibility index (Phi) is 7.98. The fourth-order valence-electron chi connectivity index (χ4n) is 4.73. The Morgan fingerprint density at radius 1 is 1.11 bits per heavy atom. The summed E-state index contributed by atoms with van der Waals surface area (Å²) in [6.45, 7) is 1.84. The molecule has 8 heteroatoms. The van der Waals surface area contributed by atoms with Gasteiger partial charge in [-0.05, 0) is 79.4 Å². The second-order valence-electron chi connectivity index (χ2n) is 9.55. The number of hydrogen-bond donors (Lipinski definition) is 1. The van der Waals surface area contributed by atoms with Crippen LogP contribution >= 0.6 is 15.9 Å². The first-order valence-corrected chi connectivity index (χ1v) is 13.6. The average molecular weight is 573 g/mol. The van der Waals surface area contributed by atoms with Crippen LogP contribution in [0.4, 0.5) is 5.69 Å². The number of aryl methyl sites for hydroxylation is 1. The number of amides is 1. The zero-order valence-electron chi connectivity index (χ0n) is 21.2. The van der Waals surface area contributed by atoms with E-state index in [1.165, 1.54) is 11.1 Å². The van der Waals surface area contributed by atoms with E-state index in [0.29, 0.717) is 16.7 Å². The largest absolute Gasteiger partial charge is 0.484 e. The number of carbonyl (C=O) groups excluding carboxylic acids is 1. The molecular weight excluding hydrogens is 544 g/mol. The standard InChI is InChI=1S/C30H29BrN4O3/c1-20-7-5-6-10-26(20)33-28(36)19-38-24-14-11-21(12-15-24)18-32-35-29(22-8-3-2-4-9-22)34-27-16-13-23(31)17-25(27)30(35)37/h5-7,10-18,22H,2-4,8-9,19H2,1H3,(H,33,36). The molecule has 3 aromatic carbocycles. The molecule has 0 spiro atoms. The van der Waals surface area contributed by atoms with E-state index in [0.717, 1.165) is 52.8 Å². The molecule has 0 radical (unpaired) electrons. The maximum Gasteiger partial charge on any atom is 0.282 e. The van der Waals surface area contributed by atoms with Gasteiger partial charge in [-0.3, -0.25) is 9.59 Å². The van der Waals surface area contributed by atoms with E-state index in [1.54, 1.807) is 24.4 Å². The highest BCUT2D eigenvalue weighted by Crippen LogP contribution is 2.32. The van der Waals surface area contributed by atoms with Crippen molar-refractivity contribution in [1.82, 2.24) is 9.66 Å². The highest BCUT2D eigenvalue weighted by Gasteiger charge is 2.22. The summed E-state index contributed by atoms with van der Waals surface area (Å²) < 4.78 is 7.94. The van der Waals surface area contributed by atoms with E-state index in [2.05, 4.69) is 26.3 Å². The van der Waals surface area contributed by atoms with Crippen LogP contribution in [0, 0.1) is 6.92 Å². The molecule has 1 amide bonds. The van der Waals surface area contributed by atoms with Gasteiger partial charge < -0.3 is 10.1 Å². The summed E-state index contributed by atoms with van der Waals surface area (Å²) in [5, 5.41) is 7.98. The monoisotopic (exact) mass is 572 g/mol. The van der Waals surface area contributed by atoms with E-state index in [1.807, 2.05) is 55.5 Å². The van der Waals surface area contributed by atoms with E-state index < -0.39 is 0 Å². The molecule has 1 fully saturated rings. The van der Waals surface area contributed by atoms with Crippen LogP contribution in [0.15, 0.2) is 81.1 Å². The molecule has 1 aromatic heterocycles. The number of benzene rings is 3. The number of ether oxygens (including phenoxy) is 1. The lowest BCUT2D eigenvalue weighted by molar-refractivity contribution is -0.118. The Labute approximate surface area is 229 Å². The van der Waals surface area contributed by atoms with Crippen LogP contribution in [0.3, 0.4) is 0 Å². The number of nitrogens with one attached hydrogen (secondary N) is 1. The Balaban J connectivity index is 1.32. The van der Waals surface area contributed by atoms with E-state index in [4.69, 9.17) is 9.72 Å². The molecule has 0 unspecified atom stereocenters. The van der Waals surface area contributed by atoms with Crippen molar-refractivity contribution in [2.24, 2.45) is 5.10 Å². The first kappa shape index (κ1) is 25.9. The van der Waals surface area contributed by atoms with Crippen molar-refractivity contribution in [3.05, 3.63) is 98.5 Å². The summed E-state index contributed by atoms with van der Waals surface area (Å²) in [6.07, 6.45) is 7.15. The van der Waals surface area contributed by atoms with Crippen LogP contribution in [0.1, 0.15) is 55.0 Å². The zero-order valence-corrected chi connectivity index (χ0v) is 22.8. The van der Waals surface area contributed by atoms with Gasteiger partial charge in [0.05, 0.1) is 17.1 Å². The third-order valence-corrected chi connectivity index (χ3v) is 7.29. The topological polar surface area (TPSA) is 85.6 Å². The lowest BCUT2D eigenvalue weighted by Crippen LogP contribution is -2.25. The molecule has 0 aliphatic heterocycles. The number of rotatable bonds is 7. The van der Waals surface area contributed by atoms with Crippen LogP contribution in [0.5, 0.6) is 5.75 Å². The Bertz CT molecular complexity index is 1540. The van der Waals surface area contributed by atoms with Crippen molar-refractivity contribution in [2.45, 2.75) is 44.9 Å². The SMILES string of the molecule is Cc1ccccc1NC(=O)COc1ccc(C=Nn2c(C3CCCCC3)nc3ccc(Br)cc3c2=O)cc1. The smallest absolute Gasteiger partial charge is 0.282 e. The first-order valence-electron chi connectivity index (χ1n) is 12.8. The third-order valence-electron chi connectivity index (χ3n) is 6.80. The molecule has 0 atom stereocenters. The lowest BCUT2D eigenvalue weighted by Gasteiger charge is -2.22. The molecule has 5 rings (SSSR count). The number of para-hydroxylation sites is 1. The van der Waals surface area contributed by atoms with Crippen LogP contribution in [0.25, 0.3) is 10.9 Å². The predicted octanol–water partition coefficient (Wildman–Crippen LogP) is 6.41. The molecule has 4 aromatic rings. The molecule has 1 aliphatic rings. The Morgan fingerprint density at radius 3 is 2.63 bits per heavy atom. The van der Waals surface area contributed by atoms with Gasteiger partial charge in [0.2, 0.25) is 0 Å². The highest BCUT2D eigenvalue weighted by atomic mass is 79.9. The number of fused-ring (bicyclic) bond motifs is 1. The first-order chi connectivity index (χ1) is 18.5. The molecule has 7 nitrogen and oxygen atoms in total. The van der Waals surface area contributed by atoms with Gasteiger partial charge in [0.1, 0.15) is 11.6 Å². The minimum absolute atomic E-state index is 0.0970. The number of nitrogens with zero attached hydrogens (tertiary/aromatic N) is 3. The van der Waals surface area contributed by atoms with Crippen molar-refractivity contribution in [1.29, 1.82) is 0 Å². The van der Waals surface area contributed by atoms with Gasteiger partial charge in [0.15, 0.2) is 6.61 Å². The molecule has 1 N–H and O–H groups in total. The van der Waals surface area contributed by atoms with Crippen molar-refractivity contribution >= 4 is 44.6 Å². The fourth-order valence-corrected chi connectivity index (χ4v) is 5.09. The van der Waals surface area contributed by atoms with E-state index in [-0.39, 0.29) is 24.0 Å². The summed E-state index contributed by atoms with van der Waals surface area (Å²) in [4.78, 5) is 30.6. The summed E-state index contributed by atoms with van der Waals surface area (Å²) >= 11 is 3.46. The molecule has 194 valence electrons. The van der Waals surface area contributed by atoms with Gasteiger partial charge in [-0.25, -0.2) is 4.98 Å². The molecular formula is C30H29BrN4O3. The number of aromatic nitrogens is 2. The third kappa shape index (κ3) is 6.02. The fraction of sp³-hybridized carbons (Fsp3) is 0.267. The minimum Gasteiger partial charge on any atom is -0.484 e. The van der Waals surface area contributed by atoms with Crippen LogP contribution < -0.4 is 15.6 Å². The Morgan fingerprint density at radius 2 is 1.87 bits per heavy atom. The predicted molar refractivity (Wildman–Crippen MR) is 154 cm³/mol. The molecule has 1 aliphatic carbocycles. The normalized spacial score (nSPS) is 14.2. The van der Waals surface area contributed by atoms with Crippen LogP contribution in [0.2, 0.25) is 0 Å². The van der Waals surface area contributed by atoms with Gasteiger partial charge in [0, 0.05) is 16.1 Å². The van der Waals surface area contributed by atoms with Crippen molar-refractivity contribution in [2.75, 3.05) is 11.9 Å². The quantitative estimate of drug-likeness (QED) is 0.259. The highest BCUT2D eigenvalue weighted by molar-refractivity contribution is 9.10. The average Bonchev–Trinajstić information content (AvgIpc) is 2.94. The van der Waals surface area contributed by atoms with Crippen LogP contribution in [-0.4, -0.2) is 28.4 Å². The number of anilines is 1. The maximum atomic E-state index is 13.5. The van der Waals surface area contributed by atoms with Crippen LogP contribution in [-0.2, 0) is 4.79 Å². The summed E-state index contributed by atoms with van der Waals surface area (Å²) in [7, 11) is 0. The summed E-state index contributed by atoms with van der Waals surface area (Å²) in [6, 6.07) is 20.4. The summed E-state index contributed by atoms with van der Waals surface area (Å²) in [5.74, 6) is 1.28. The zero-order chi connectivity index (χ0) is 26.5.